The van der Waals surface area contributed by atoms with Gasteiger partial charge in [0.15, 0.2) is 18.3 Å². The van der Waals surface area contributed by atoms with Crippen LogP contribution in [0, 0.1) is 18.8 Å². The lowest BCUT2D eigenvalue weighted by Crippen LogP contribution is -2.61. The van der Waals surface area contributed by atoms with Crippen molar-refractivity contribution in [1.82, 2.24) is 15.2 Å². The fraction of sp³-hybridized carbons (Fsp3) is 0.605. The molecule has 16 heteroatoms. The molecule has 0 bridgehead atoms. The lowest BCUT2D eigenvalue weighted by Gasteiger charge is -2.44. The smallest absolute Gasteiger partial charge is 0.303 e. The lowest BCUT2D eigenvalue weighted by molar-refractivity contribution is -0.237. The van der Waals surface area contributed by atoms with Crippen molar-refractivity contribution in [2.24, 2.45) is 21.8 Å². The van der Waals surface area contributed by atoms with Crippen LogP contribution in [0.1, 0.15) is 87.1 Å². The summed E-state index contributed by atoms with van der Waals surface area (Å²) in [5.74, 6) is -2.11. The number of esters is 4. The number of likely N-dealkylation sites (N-methyl/N-ethyl adjacent to an activating group) is 1. The molecule has 0 spiro atoms. The molecule has 1 fully saturated rings. The Kier molecular flexibility index (Phi) is 18.7. The molecule has 0 aliphatic carbocycles. The fourth-order valence-corrected chi connectivity index (χ4v) is 8.20. The number of aromatic nitrogens is 1. The maximum atomic E-state index is 13.6. The van der Waals surface area contributed by atoms with E-state index in [1.165, 1.54) is 39.5 Å². The Bertz CT molecular complexity index is 1960. The molecule has 1 amide bonds. The number of nitrogens with zero attached hydrogens (tertiary/aromatic N) is 3. The average Bonchev–Trinajstić information content (AvgIpc) is 3.68. The molecule has 0 aromatic carbocycles. The number of aryl methyl sites for hydroxylation is 1. The Morgan fingerprint density at radius 1 is 0.949 bits per heavy atom. The number of hydrogen-bond acceptors (Lipinski definition) is 14. The predicted molar refractivity (Wildman–Crippen MR) is 229 cm³/mol. The molecule has 2 aliphatic heterocycles. The summed E-state index contributed by atoms with van der Waals surface area (Å²) in [6.45, 7) is 17.3. The van der Waals surface area contributed by atoms with Crippen LogP contribution in [-0.2, 0) is 47.7 Å². The number of carbonyl (C=O) groups excluding carboxylic acids is 5. The molecule has 2 N–H and O–H groups in total. The predicted octanol–water partition coefficient (Wildman–Crippen LogP) is 3.91. The van der Waals surface area contributed by atoms with Crippen molar-refractivity contribution in [3.05, 3.63) is 45.4 Å². The topological polar surface area (TPSA) is 187 Å². The van der Waals surface area contributed by atoms with Crippen LogP contribution in [-0.4, -0.2) is 121 Å². The first-order valence-corrected chi connectivity index (χ1v) is 21.0. The van der Waals surface area contributed by atoms with Crippen LogP contribution in [0.5, 0.6) is 0 Å². The van der Waals surface area contributed by atoms with E-state index in [2.05, 4.69) is 62.1 Å². The highest BCUT2D eigenvalue weighted by atomic mass is 32.2. The van der Waals surface area contributed by atoms with Gasteiger partial charge < -0.3 is 38.9 Å². The zero-order valence-electron chi connectivity index (χ0n) is 36.8. The van der Waals surface area contributed by atoms with Crippen LogP contribution in [0.4, 0.5) is 0 Å². The van der Waals surface area contributed by atoms with E-state index in [1.54, 1.807) is 19.0 Å². The van der Waals surface area contributed by atoms with Crippen molar-refractivity contribution >= 4 is 64.6 Å². The van der Waals surface area contributed by atoms with Crippen LogP contribution in [0.25, 0.3) is 11.6 Å². The highest BCUT2D eigenvalue weighted by molar-refractivity contribution is 7.99. The molecule has 326 valence electrons. The molecular formula is C43H63N5O10S. The third kappa shape index (κ3) is 13.9. The van der Waals surface area contributed by atoms with Gasteiger partial charge in [-0.05, 0) is 82.6 Å². The summed E-state index contributed by atoms with van der Waals surface area (Å²) in [6, 6.07) is 2.13. The number of hydrogen-bond donors (Lipinski definition) is 2. The summed E-state index contributed by atoms with van der Waals surface area (Å²) in [5, 5.41) is 5.25. The summed E-state index contributed by atoms with van der Waals surface area (Å²) in [5.41, 5.74) is 6.23. The van der Waals surface area contributed by atoms with Crippen molar-refractivity contribution in [2.75, 3.05) is 40.0 Å². The van der Waals surface area contributed by atoms with Gasteiger partial charge >= 0.3 is 23.9 Å². The SMILES string of the molecule is CN=C(C)/C=c1\[nH]/c(=C(/C)C2=N/C(=C\C(NC)=C(C)C)[C@@H](C)[C@@H]2CCC(=O)N(C)CCCS[C@@H]2O[C@H](COC(C)=O)[C@@H](OC(C)=O)[C@H](OC(C)=O)[C@H]2OC(C)=O)cc1C. The number of rotatable bonds is 17. The van der Waals surface area contributed by atoms with Gasteiger partial charge in [-0.1, -0.05) is 12.5 Å². The second-order valence-corrected chi connectivity index (χ2v) is 16.4. The van der Waals surface area contributed by atoms with E-state index in [0.29, 0.717) is 31.6 Å². The van der Waals surface area contributed by atoms with Gasteiger partial charge in [0, 0.05) is 107 Å². The summed E-state index contributed by atoms with van der Waals surface area (Å²) in [7, 11) is 5.44. The summed E-state index contributed by atoms with van der Waals surface area (Å²) in [6.07, 6.45) is 0.988. The van der Waals surface area contributed by atoms with Crippen molar-refractivity contribution < 1.29 is 47.7 Å². The van der Waals surface area contributed by atoms with E-state index in [9.17, 15) is 24.0 Å². The van der Waals surface area contributed by atoms with Gasteiger partial charge in [-0.2, -0.15) is 0 Å². The van der Waals surface area contributed by atoms with Gasteiger partial charge in [0.05, 0.1) is 0 Å². The second-order valence-electron chi connectivity index (χ2n) is 15.2. The largest absolute Gasteiger partial charge is 0.463 e. The third-order valence-electron chi connectivity index (χ3n) is 10.3. The minimum atomic E-state index is -1.23. The summed E-state index contributed by atoms with van der Waals surface area (Å²) >= 11 is 1.29. The van der Waals surface area contributed by atoms with E-state index in [1.807, 2.05) is 20.0 Å². The number of ether oxygens (including phenoxy) is 5. The van der Waals surface area contributed by atoms with Crippen LogP contribution in [0.15, 0.2) is 39.1 Å². The first kappa shape index (κ1) is 48.7. The molecule has 3 heterocycles. The van der Waals surface area contributed by atoms with Crippen molar-refractivity contribution in [2.45, 2.75) is 118 Å². The Hall–Kier alpha value is -4.70. The molecule has 2 aliphatic rings. The number of H-pyrrole nitrogens is 1. The highest BCUT2D eigenvalue weighted by Gasteiger charge is 2.52. The van der Waals surface area contributed by atoms with Crippen LogP contribution in [0.3, 0.4) is 0 Å². The van der Waals surface area contributed by atoms with Gasteiger partial charge in [-0.3, -0.25) is 34.0 Å². The minimum Gasteiger partial charge on any atom is -0.463 e. The van der Waals surface area contributed by atoms with E-state index in [0.717, 1.165) is 50.2 Å². The number of allylic oxidation sites excluding steroid dienone is 3. The zero-order chi connectivity index (χ0) is 44.1. The maximum Gasteiger partial charge on any atom is 0.303 e. The molecular weight excluding hydrogens is 779 g/mol. The van der Waals surface area contributed by atoms with Gasteiger partial charge in [-0.15, -0.1) is 11.8 Å². The molecule has 1 aromatic rings. The first-order valence-electron chi connectivity index (χ1n) is 19.9. The van der Waals surface area contributed by atoms with E-state index < -0.39 is 53.7 Å². The lowest BCUT2D eigenvalue weighted by atomic mass is 9.84. The first-order chi connectivity index (χ1) is 27.8. The number of amides is 1. The highest BCUT2D eigenvalue weighted by Crippen LogP contribution is 2.38. The van der Waals surface area contributed by atoms with E-state index >= 15 is 0 Å². The molecule has 1 saturated heterocycles. The van der Waals surface area contributed by atoms with Crippen molar-refractivity contribution in [3.8, 4) is 0 Å². The van der Waals surface area contributed by atoms with Gasteiger partial charge in [0.25, 0.3) is 0 Å². The van der Waals surface area contributed by atoms with E-state index in [4.69, 9.17) is 28.7 Å². The molecule has 0 unspecified atom stereocenters. The number of nitrogens with one attached hydrogen (secondary N) is 2. The Balaban J connectivity index is 1.78. The van der Waals surface area contributed by atoms with Gasteiger partial charge in [0.2, 0.25) is 5.91 Å². The molecule has 15 nitrogen and oxygen atoms in total. The molecule has 3 rings (SSSR count). The quantitative estimate of drug-likeness (QED) is 0.0999. The Labute approximate surface area is 352 Å². The molecule has 0 radical (unpaired) electrons. The molecule has 1 aromatic heterocycles. The molecule has 59 heavy (non-hydrogen) atoms. The Morgan fingerprint density at radius 3 is 2.15 bits per heavy atom. The van der Waals surface area contributed by atoms with Crippen LogP contribution < -0.4 is 16.0 Å². The minimum absolute atomic E-state index is 0.00182. The van der Waals surface area contributed by atoms with Crippen LogP contribution in [0.2, 0.25) is 0 Å². The normalized spacial score (nSPS) is 24.5. The zero-order valence-corrected chi connectivity index (χ0v) is 37.7. The number of carbonyl (C=O) groups is 5. The van der Waals surface area contributed by atoms with Gasteiger partial charge in [-0.25, -0.2) is 0 Å². The summed E-state index contributed by atoms with van der Waals surface area (Å²) < 4.78 is 28.0. The molecule has 0 saturated carbocycles. The standard InChI is InChI=1S/C43H63N5O10S/c1-23(2)33(45-12)21-36-26(5)32(39(47-36)27(6)35-19-24(3)34(46-35)20-25(4)44-11)15-16-38(53)48(13)17-14-18-59-43-42(57-31(10)52)41(56-30(9)51)40(55-29(8)50)37(58-43)22-54-28(7)49/h19-21,26,32,37,40-43,45-46H,14-18,22H2,1-13H3/b34-20-,35-27-,36-21-,44-25?/t26-,32-,37+,40+,41-,42+,43-/m0/s1. The van der Waals surface area contributed by atoms with E-state index in [-0.39, 0.29) is 24.3 Å². The molecule has 7 atom stereocenters. The number of aliphatic imine (C=N–C) groups is 2. The Morgan fingerprint density at radius 2 is 1.58 bits per heavy atom. The van der Waals surface area contributed by atoms with Gasteiger partial charge in [0.1, 0.15) is 18.1 Å². The average molecular weight is 842 g/mol. The monoisotopic (exact) mass is 841 g/mol. The number of thioether (sulfide) groups is 1. The van der Waals surface area contributed by atoms with Crippen molar-refractivity contribution in [1.29, 1.82) is 0 Å². The fourth-order valence-electron chi connectivity index (χ4n) is 7.05. The van der Waals surface area contributed by atoms with Crippen LogP contribution >= 0.6 is 11.8 Å². The second kappa shape index (κ2) is 22.6. The maximum absolute atomic E-state index is 13.6. The van der Waals surface area contributed by atoms with Crippen molar-refractivity contribution in [3.63, 3.8) is 0 Å². The third-order valence-corrected chi connectivity index (χ3v) is 11.5. The number of aromatic amines is 1. The summed E-state index contributed by atoms with van der Waals surface area (Å²) in [4.78, 5) is 76.5.